The molecule has 2 rings (SSSR count). The van der Waals surface area contributed by atoms with Crippen LogP contribution in [0.4, 0.5) is 11.4 Å². The van der Waals surface area contributed by atoms with E-state index >= 15 is 0 Å². The molecule has 1 N–H and O–H groups in total. The molecular weight excluding hydrogens is 312 g/mol. The second-order valence-electron chi connectivity index (χ2n) is 5.15. The number of anilines is 1. The van der Waals surface area contributed by atoms with Crippen molar-refractivity contribution >= 4 is 23.3 Å². The fourth-order valence-electron chi connectivity index (χ4n) is 2.15. The first kappa shape index (κ1) is 17.1. The number of carbonyl (C=O) groups excluding carboxylic acids is 2. The molecule has 0 aromatic heterocycles. The van der Waals surface area contributed by atoms with Crippen LogP contribution in [0.3, 0.4) is 0 Å². The van der Waals surface area contributed by atoms with Gasteiger partial charge in [0.1, 0.15) is 0 Å². The molecule has 0 heterocycles. The van der Waals surface area contributed by atoms with E-state index in [1.54, 1.807) is 37.3 Å². The maximum atomic E-state index is 11.9. The second-order valence-corrected chi connectivity index (χ2v) is 5.15. The number of benzene rings is 2. The number of nitro groups is 1. The standard InChI is InChI=1S/C17H16N2O5/c1-11-6-3-4-7-13(11)17(21)24-10-16(20)18-14-8-5-9-15(12(14)2)19(22)23/h3-9H,10H2,1-2H3,(H,18,20). The van der Waals surface area contributed by atoms with Crippen LogP contribution in [-0.4, -0.2) is 23.4 Å². The van der Waals surface area contributed by atoms with Crippen molar-refractivity contribution in [3.8, 4) is 0 Å². The summed E-state index contributed by atoms with van der Waals surface area (Å²) in [6.07, 6.45) is 0. The SMILES string of the molecule is Cc1ccccc1C(=O)OCC(=O)Nc1cccc([N+](=O)[O-])c1C. The molecule has 0 unspecified atom stereocenters. The van der Waals surface area contributed by atoms with Gasteiger partial charge in [-0.15, -0.1) is 0 Å². The first-order valence-corrected chi connectivity index (χ1v) is 7.16. The van der Waals surface area contributed by atoms with Gasteiger partial charge < -0.3 is 10.1 Å². The molecule has 0 aliphatic rings. The van der Waals surface area contributed by atoms with Crippen LogP contribution in [-0.2, 0) is 9.53 Å². The van der Waals surface area contributed by atoms with Gasteiger partial charge in [0.05, 0.1) is 21.7 Å². The number of amides is 1. The van der Waals surface area contributed by atoms with Gasteiger partial charge >= 0.3 is 5.97 Å². The van der Waals surface area contributed by atoms with Crippen molar-refractivity contribution in [3.05, 3.63) is 69.3 Å². The zero-order valence-electron chi connectivity index (χ0n) is 13.2. The third-order valence-corrected chi connectivity index (χ3v) is 3.48. The Kier molecular flexibility index (Phi) is 5.26. The third-order valence-electron chi connectivity index (χ3n) is 3.48. The molecule has 0 radical (unpaired) electrons. The van der Waals surface area contributed by atoms with Gasteiger partial charge in [-0.05, 0) is 31.5 Å². The van der Waals surface area contributed by atoms with Gasteiger partial charge in [0, 0.05) is 6.07 Å². The van der Waals surface area contributed by atoms with Gasteiger partial charge in [-0.25, -0.2) is 4.79 Å². The molecule has 2 aromatic rings. The Bertz CT molecular complexity index is 801. The van der Waals surface area contributed by atoms with E-state index in [-0.39, 0.29) is 5.69 Å². The number of nitro benzene ring substituents is 1. The minimum absolute atomic E-state index is 0.0929. The minimum Gasteiger partial charge on any atom is -0.452 e. The number of esters is 1. The van der Waals surface area contributed by atoms with Crippen LogP contribution in [0.15, 0.2) is 42.5 Å². The van der Waals surface area contributed by atoms with Crippen LogP contribution >= 0.6 is 0 Å². The maximum Gasteiger partial charge on any atom is 0.338 e. The lowest BCUT2D eigenvalue weighted by atomic mass is 10.1. The van der Waals surface area contributed by atoms with Gasteiger partial charge in [0.15, 0.2) is 6.61 Å². The summed E-state index contributed by atoms with van der Waals surface area (Å²) in [5, 5.41) is 13.4. The van der Waals surface area contributed by atoms with E-state index in [2.05, 4.69) is 5.32 Å². The molecule has 24 heavy (non-hydrogen) atoms. The van der Waals surface area contributed by atoms with Crippen LogP contribution in [0.25, 0.3) is 0 Å². The Labute approximate surface area is 138 Å². The number of rotatable bonds is 5. The first-order valence-electron chi connectivity index (χ1n) is 7.16. The molecule has 0 aliphatic heterocycles. The molecule has 2 aromatic carbocycles. The Morgan fingerprint density at radius 3 is 2.50 bits per heavy atom. The number of carbonyl (C=O) groups is 2. The molecule has 0 saturated heterocycles. The van der Waals surface area contributed by atoms with Gasteiger partial charge in [-0.3, -0.25) is 14.9 Å². The lowest BCUT2D eigenvalue weighted by Gasteiger charge is -2.10. The molecule has 1 amide bonds. The number of ether oxygens (including phenoxy) is 1. The van der Waals surface area contributed by atoms with Gasteiger partial charge in [0.25, 0.3) is 11.6 Å². The monoisotopic (exact) mass is 328 g/mol. The summed E-state index contributed by atoms with van der Waals surface area (Å²) < 4.78 is 4.98. The van der Waals surface area contributed by atoms with Crippen LogP contribution in [0.1, 0.15) is 21.5 Å². The van der Waals surface area contributed by atoms with Gasteiger partial charge in [0.2, 0.25) is 0 Å². The topological polar surface area (TPSA) is 98.5 Å². The zero-order valence-corrected chi connectivity index (χ0v) is 13.2. The van der Waals surface area contributed by atoms with Crippen LogP contribution in [0, 0.1) is 24.0 Å². The molecule has 0 aliphatic carbocycles. The highest BCUT2D eigenvalue weighted by Gasteiger charge is 2.16. The number of nitrogens with zero attached hydrogens (tertiary/aromatic N) is 1. The van der Waals surface area contributed by atoms with E-state index in [4.69, 9.17) is 4.74 Å². The molecule has 7 nitrogen and oxygen atoms in total. The molecular formula is C17H16N2O5. The molecule has 0 atom stereocenters. The van der Waals surface area contributed by atoms with Crippen molar-refractivity contribution in [2.24, 2.45) is 0 Å². The summed E-state index contributed by atoms with van der Waals surface area (Å²) in [5.74, 6) is -1.17. The number of aryl methyl sites for hydroxylation is 1. The van der Waals surface area contributed by atoms with E-state index in [1.165, 1.54) is 19.1 Å². The summed E-state index contributed by atoms with van der Waals surface area (Å²) in [5.41, 5.74) is 1.68. The summed E-state index contributed by atoms with van der Waals surface area (Å²) in [6, 6.07) is 11.2. The summed E-state index contributed by atoms with van der Waals surface area (Å²) in [7, 11) is 0. The smallest absolute Gasteiger partial charge is 0.338 e. The Hall–Kier alpha value is -3.22. The summed E-state index contributed by atoms with van der Waals surface area (Å²) >= 11 is 0. The van der Waals surface area contributed by atoms with Crippen molar-refractivity contribution in [3.63, 3.8) is 0 Å². The van der Waals surface area contributed by atoms with E-state index in [0.29, 0.717) is 16.8 Å². The van der Waals surface area contributed by atoms with Crippen molar-refractivity contribution in [2.45, 2.75) is 13.8 Å². The van der Waals surface area contributed by atoms with E-state index in [0.717, 1.165) is 5.56 Å². The Morgan fingerprint density at radius 2 is 1.83 bits per heavy atom. The number of hydrogen-bond donors (Lipinski definition) is 1. The van der Waals surface area contributed by atoms with Gasteiger partial charge in [-0.1, -0.05) is 24.3 Å². The first-order chi connectivity index (χ1) is 11.4. The normalized spacial score (nSPS) is 10.1. The minimum atomic E-state index is -0.598. The average Bonchev–Trinajstić information content (AvgIpc) is 2.54. The van der Waals surface area contributed by atoms with Crippen molar-refractivity contribution < 1.29 is 19.2 Å². The lowest BCUT2D eigenvalue weighted by Crippen LogP contribution is -2.21. The van der Waals surface area contributed by atoms with Crippen molar-refractivity contribution in [1.82, 2.24) is 0 Å². The molecule has 0 bridgehead atoms. The fourth-order valence-corrected chi connectivity index (χ4v) is 2.15. The molecule has 124 valence electrons. The Balaban J connectivity index is 2.00. The van der Waals surface area contributed by atoms with E-state index < -0.39 is 23.4 Å². The highest BCUT2D eigenvalue weighted by atomic mass is 16.6. The highest BCUT2D eigenvalue weighted by molar-refractivity contribution is 5.96. The maximum absolute atomic E-state index is 11.9. The van der Waals surface area contributed by atoms with Crippen LogP contribution < -0.4 is 5.32 Å². The van der Waals surface area contributed by atoms with Crippen molar-refractivity contribution in [2.75, 3.05) is 11.9 Å². The predicted octanol–water partition coefficient (Wildman–Crippen LogP) is 3.01. The van der Waals surface area contributed by atoms with Crippen LogP contribution in [0.5, 0.6) is 0 Å². The second kappa shape index (κ2) is 7.36. The molecule has 0 spiro atoms. The molecule has 7 heteroatoms. The van der Waals surface area contributed by atoms with Crippen LogP contribution in [0.2, 0.25) is 0 Å². The largest absolute Gasteiger partial charge is 0.452 e. The molecule has 0 fully saturated rings. The average molecular weight is 328 g/mol. The highest BCUT2D eigenvalue weighted by Crippen LogP contribution is 2.24. The Morgan fingerprint density at radius 1 is 1.12 bits per heavy atom. The number of nitrogens with one attached hydrogen (secondary N) is 1. The quantitative estimate of drug-likeness (QED) is 0.517. The number of hydrogen-bond acceptors (Lipinski definition) is 5. The fraction of sp³-hybridized carbons (Fsp3) is 0.176. The van der Waals surface area contributed by atoms with E-state index in [1.807, 2.05) is 0 Å². The molecule has 0 saturated carbocycles. The summed E-state index contributed by atoms with van der Waals surface area (Å²) in [6.45, 7) is 2.82. The predicted molar refractivity (Wildman–Crippen MR) is 87.9 cm³/mol. The van der Waals surface area contributed by atoms with Crippen molar-refractivity contribution in [1.29, 1.82) is 0 Å². The zero-order chi connectivity index (χ0) is 17.7. The summed E-state index contributed by atoms with van der Waals surface area (Å²) in [4.78, 5) is 34.2. The third kappa shape index (κ3) is 3.95. The van der Waals surface area contributed by atoms with Gasteiger partial charge in [-0.2, -0.15) is 0 Å². The van der Waals surface area contributed by atoms with E-state index in [9.17, 15) is 19.7 Å². The lowest BCUT2D eigenvalue weighted by molar-refractivity contribution is -0.385.